The predicted molar refractivity (Wildman–Crippen MR) is 65.1 cm³/mol. The van der Waals surface area contributed by atoms with Crippen molar-refractivity contribution in [1.29, 1.82) is 0 Å². The molecule has 0 atom stereocenters. The molecule has 4 nitrogen and oxygen atoms in total. The molecule has 0 aromatic carbocycles. The molecule has 0 saturated heterocycles. The Bertz CT molecular complexity index is 374. The topological polar surface area (TPSA) is 55.6 Å². The number of thiophene rings is 1. The van der Waals surface area contributed by atoms with Crippen molar-refractivity contribution in [3.8, 4) is 5.75 Å². The normalized spacial score (nSPS) is 10.1. The summed E-state index contributed by atoms with van der Waals surface area (Å²) in [7, 11) is 4.96. The molecule has 2 N–H and O–H groups in total. The largest absolute Gasteiger partial charge is 0.492 e. The molecule has 1 aromatic heterocycles. The van der Waals surface area contributed by atoms with Crippen LogP contribution in [0.15, 0.2) is 4.21 Å². The predicted octanol–water partition coefficient (Wildman–Crippen LogP) is 1.76. The number of nitrogens with two attached hydrogens (primary N) is 1. The Labute approximate surface area is 97.4 Å². The van der Waals surface area contributed by atoms with E-state index in [0.29, 0.717) is 16.3 Å². The number of nitrogens with zero attached hydrogens (tertiary/aromatic N) is 1. The molecule has 0 aliphatic heterocycles. The van der Waals surface area contributed by atoms with Gasteiger partial charge in [0.2, 0.25) is 0 Å². The van der Waals surface area contributed by atoms with Crippen LogP contribution in [-0.4, -0.2) is 38.3 Å². The summed E-state index contributed by atoms with van der Waals surface area (Å²) >= 11 is 2.90. The summed E-state index contributed by atoms with van der Waals surface area (Å²) < 4.78 is 6.10. The van der Waals surface area contributed by atoms with Gasteiger partial charge in [-0.25, -0.2) is 0 Å². The molecule has 84 valence electrons. The summed E-state index contributed by atoms with van der Waals surface area (Å²) in [6.07, 6.45) is 1.93. The molecule has 1 amide bonds. The quantitative estimate of drug-likeness (QED) is 0.826. The van der Waals surface area contributed by atoms with E-state index in [1.165, 1.54) is 28.0 Å². The number of methoxy groups -OCH3 is 1. The monoisotopic (exact) mass is 246 g/mol. The van der Waals surface area contributed by atoms with Crippen LogP contribution in [0.2, 0.25) is 0 Å². The van der Waals surface area contributed by atoms with Crippen LogP contribution in [0, 0.1) is 0 Å². The molecular formula is C9H14N2O2S2. The van der Waals surface area contributed by atoms with Gasteiger partial charge in [0.25, 0.3) is 5.91 Å². The molecular weight excluding hydrogens is 232 g/mol. The number of amides is 1. The summed E-state index contributed by atoms with van der Waals surface area (Å²) in [6.45, 7) is 0. The van der Waals surface area contributed by atoms with Crippen LogP contribution < -0.4 is 10.5 Å². The molecule has 15 heavy (non-hydrogen) atoms. The minimum absolute atomic E-state index is 0.0869. The highest BCUT2D eigenvalue weighted by Gasteiger charge is 2.22. The van der Waals surface area contributed by atoms with Gasteiger partial charge in [0, 0.05) is 14.1 Å². The van der Waals surface area contributed by atoms with E-state index in [1.807, 2.05) is 6.26 Å². The standard InChI is InChI=1S/C9H14N2O2S2/c1-11(2)8(12)7-5(10)6(13-3)9(14-4)15-7/h10H2,1-4H3. The highest BCUT2D eigenvalue weighted by atomic mass is 32.2. The van der Waals surface area contributed by atoms with Gasteiger partial charge in [-0.3, -0.25) is 4.79 Å². The third-order valence-electron chi connectivity index (χ3n) is 1.86. The number of ether oxygens (including phenoxy) is 1. The summed E-state index contributed by atoms with van der Waals surface area (Å²) in [4.78, 5) is 13.8. The van der Waals surface area contributed by atoms with Crippen LogP contribution in [0.1, 0.15) is 9.67 Å². The number of hydrogen-bond acceptors (Lipinski definition) is 5. The second-order valence-electron chi connectivity index (χ2n) is 3.07. The Morgan fingerprint density at radius 2 is 2.13 bits per heavy atom. The Morgan fingerprint density at radius 1 is 1.53 bits per heavy atom. The highest BCUT2D eigenvalue weighted by Crippen LogP contribution is 2.43. The lowest BCUT2D eigenvalue weighted by molar-refractivity contribution is 0.0833. The van der Waals surface area contributed by atoms with Crippen LogP contribution in [0.4, 0.5) is 5.69 Å². The minimum atomic E-state index is -0.0869. The second-order valence-corrected chi connectivity index (χ2v) is 5.16. The van der Waals surface area contributed by atoms with Crippen LogP contribution >= 0.6 is 23.1 Å². The fourth-order valence-electron chi connectivity index (χ4n) is 1.10. The van der Waals surface area contributed by atoms with E-state index in [9.17, 15) is 4.79 Å². The van der Waals surface area contributed by atoms with Crippen LogP contribution in [0.25, 0.3) is 0 Å². The SMILES string of the molecule is COc1c(SC)sc(C(=O)N(C)C)c1N. The van der Waals surface area contributed by atoms with Gasteiger partial charge in [-0.15, -0.1) is 23.1 Å². The van der Waals surface area contributed by atoms with Gasteiger partial charge in [0.1, 0.15) is 9.09 Å². The fraction of sp³-hybridized carbons (Fsp3) is 0.444. The maximum Gasteiger partial charge on any atom is 0.265 e. The van der Waals surface area contributed by atoms with E-state index in [-0.39, 0.29) is 5.91 Å². The summed E-state index contributed by atoms with van der Waals surface area (Å²) in [6, 6.07) is 0. The molecule has 0 saturated carbocycles. The summed E-state index contributed by atoms with van der Waals surface area (Å²) in [5.41, 5.74) is 6.29. The molecule has 0 spiro atoms. The first-order valence-corrected chi connectivity index (χ1v) is 6.29. The van der Waals surface area contributed by atoms with Crippen molar-refractivity contribution < 1.29 is 9.53 Å². The average molecular weight is 246 g/mol. The van der Waals surface area contributed by atoms with Crippen molar-refractivity contribution >= 4 is 34.7 Å². The molecule has 0 aliphatic rings. The number of anilines is 1. The maximum absolute atomic E-state index is 11.8. The third-order valence-corrected chi connectivity index (χ3v) is 4.13. The molecule has 0 radical (unpaired) electrons. The first-order valence-electron chi connectivity index (χ1n) is 4.24. The summed E-state index contributed by atoms with van der Waals surface area (Å²) in [5, 5.41) is 0. The zero-order chi connectivity index (χ0) is 11.6. The molecule has 1 heterocycles. The van der Waals surface area contributed by atoms with Crippen molar-refractivity contribution in [3.63, 3.8) is 0 Å². The fourth-order valence-corrected chi connectivity index (χ4v) is 3.00. The van der Waals surface area contributed by atoms with E-state index in [2.05, 4.69) is 0 Å². The van der Waals surface area contributed by atoms with Crippen LogP contribution in [-0.2, 0) is 0 Å². The van der Waals surface area contributed by atoms with Gasteiger partial charge in [0.15, 0.2) is 5.75 Å². The lowest BCUT2D eigenvalue weighted by atomic mass is 10.3. The number of hydrogen-bond donors (Lipinski definition) is 1. The van der Waals surface area contributed by atoms with Gasteiger partial charge >= 0.3 is 0 Å². The van der Waals surface area contributed by atoms with Gasteiger partial charge in [-0.05, 0) is 6.26 Å². The van der Waals surface area contributed by atoms with E-state index in [1.54, 1.807) is 21.2 Å². The Balaban J connectivity index is 3.21. The number of carbonyl (C=O) groups excluding carboxylic acids is 1. The molecule has 1 aromatic rings. The molecule has 0 aliphatic carbocycles. The highest BCUT2D eigenvalue weighted by molar-refractivity contribution is 8.00. The van der Waals surface area contributed by atoms with E-state index in [4.69, 9.17) is 10.5 Å². The van der Waals surface area contributed by atoms with E-state index in [0.717, 1.165) is 4.21 Å². The minimum Gasteiger partial charge on any atom is -0.492 e. The molecule has 0 unspecified atom stereocenters. The third kappa shape index (κ3) is 2.21. The molecule has 6 heteroatoms. The van der Waals surface area contributed by atoms with Crippen LogP contribution in [0.3, 0.4) is 0 Å². The van der Waals surface area contributed by atoms with Crippen molar-refractivity contribution in [2.24, 2.45) is 0 Å². The van der Waals surface area contributed by atoms with Crippen molar-refractivity contribution in [2.75, 3.05) is 33.2 Å². The van der Waals surface area contributed by atoms with E-state index >= 15 is 0 Å². The Kier molecular flexibility index (Phi) is 3.87. The Hall–Kier alpha value is -0.880. The molecule has 1 rings (SSSR count). The van der Waals surface area contributed by atoms with Gasteiger partial charge in [-0.1, -0.05) is 0 Å². The van der Waals surface area contributed by atoms with Gasteiger partial charge in [-0.2, -0.15) is 0 Å². The summed E-state index contributed by atoms with van der Waals surface area (Å²) in [5.74, 6) is 0.522. The number of carbonyl (C=O) groups is 1. The smallest absolute Gasteiger partial charge is 0.265 e. The second kappa shape index (κ2) is 4.76. The van der Waals surface area contributed by atoms with Crippen molar-refractivity contribution in [3.05, 3.63) is 4.88 Å². The maximum atomic E-state index is 11.8. The van der Waals surface area contributed by atoms with Crippen LogP contribution in [0.5, 0.6) is 5.75 Å². The molecule has 0 bridgehead atoms. The van der Waals surface area contributed by atoms with E-state index < -0.39 is 0 Å². The van der Waals surface area contributed by atoms with Crippen molar-refractivity contribution in [2.45, 2.75) is 4.21 Å². The Morgan fingerprint density at radius 3 is 2.47 bits per heavy atom. The lowest BCUT2D eigenvalue weighted by Gasteiger charge is -2.08. The zero-order valence-electron chi connectivity index (χ0n) is 9.16. The number of rotatable bonds is 3. The molecule has 0 fully saturated rings. The van der Waals surface area contributed by atoms with Crippen molar-refractivity contribution in [1.82, 2.24) is 4.90 Å². The zero-order valence-corrected chi connectivity index (χ0v) is 10.8. The van der Waals surface area contributed by atoms with Gasteiger partial charge in [0.05, 0.1) is 12.8 Å². The first-order chi connectivity index (χ1) is 7.02. The van der Waals surface area contributed by atoms with Gasteiger partial charge < -0.3 is 15.4 Å². The average Bonchev–Trinajstić information content (AvgIpc) is 2.53. The lowest BCUT2D eigenvalue weighted by Crippen LogP contribution is -2.21. The number of nitrogen functional groups attached to an aromatic ring is 1. The first kappa shape index (κ1) is 12.2. The number of thioether (sulfide) groups is 1.